The summed E-state index contributed by atoms with van der Waals surface area (Å²) < 4.78 is 47.2. The number of aromatic amines is 1. The number of benzene rings is 2. The predicted molar refractivity (Wildman–Crippen MR) is 132 cm³/mol. The van der Waals surface area contributed by atoms with Crippen LogP contribution in [0.4, 0.5) is 23.7 Å². The van der Waals surface area contributed by atoms with Crippen LogP contribution < -0.4 is 14.8 Å². The number of hydrogen-bond donors (Lipinski definition) is 2. The van der Waals surface area contributed by atoms with Crippen LogP contribution in [0.5, 0.6) is 11.5 Å². The van der Waals surface area contributed by atoms with E-state index in [1.165, 1.54) is 36.5 Å². The highest BCUT2D eigenvalue weighted by molar-refractivity contribution is 8.14. The number of H-pyrrole nitrogens is 1. The number of carbonyl (C=O) groups excluding carboxylic acids is 2. The Hall–Kier alpha value is -4.00. The molecule has 13 heteroatoms. The topological polar surface area (TPSA) is 109 Å². The van der Waals surface area contributed by atoms with Gasteiger partial charge in [-0.1, -0.05) is 30.8 Å². The molecule has 9 nitrogen and oxygen atoms in total. The van der Waals surface area contributed by atoms with Crippen LogP contribution in [0, 0.1) is 0 Å². The first kappa shape index (κ1) is 26.1. The predicted octanol–water partition coefficient (Wildman–Crippen LogP) is 5.42. The van der Waals surface area contributed by atoms with Gasteiger partial charge in [0.25, 0.3) is 5.91 Å². The Morgan fingerprint density at radius 2 is 1.92 bits per heavy atom. The third kappa shape index (κ3) is 6.42. The van der Waals surface area contributed by atoms with Gasteiger partial charge in [-0.15, -0.1) is 13.2 Å². The number of aromatic nitrogens is 2. The molecule has 1 aromatic heterocycles. The first-order valence-electron chi connectivity index (χ1n) is 11.1. The van der Waals surface area contributed by atoms with E-state index in [0.717, 1.165) is 17.3 Å². The lowest BCUT2D eigenvalue weighted by atomic mass is 10.0. The molecule has 0 radical (unpaired) electrons. The van der Waals surface area contributed by atoms with Gasteiger partial charge in [0.1, 0.15) is 5.69 Å². The summed E-state index contributed by atoms with van der Waals surface area (Å²) in [5.41, 5.74) is 2.69. The summed E-state index contributed by atoms with van der Waals surface area (Å²) in [6, 6.07) is 12.5. The van der Waals surface area contributed by atoms with Crippen molar-refractivity contribution in [2.45, 2.75) is 31.5 Å². The lowest BCUT2D eigenvalue weighted by Crippen LogP contribution is -2.34. The van der Waals surface area contributed by atoms with Gasteiger partial charge in [0.2, 0.25) is 0 Å². The Balaban J connectivity index is 1.53. The molecule has 2 amide bonds. The Kier molecular flexibility index (Phi) is 7.71. The van der Waals surface area contributed by atoms with Gasteiger partial charge >= 0.3 is 11.6 Å². The second-order valence-electron chi connectivity index (χ2n) is 7.86. The van der Waals surface area contributed by atoms with E-state index in [9.17, 15) is 22.8 Å². The Labute approximate surface area is 214 Å². The van der Waals surface area contributed by atoms with Gasteiger partial charge in [-0.3, -0.25) is 14.7 Å². The standard InChI is InChI=1S/C24H22F3N5O4S/c1-3-20-21(15-6-9-18(19(12-15)35-2)36-24(25,26)27)31-32(23(34)37-20)13-14-4-7-16(8-5-14)29-22(33)17-10-11-28-30-17/h4-12,20H,3,13H2,1-2H3,(H,28,30)(H,29,33). The number of thioether (sulfide) groups is 1. The zero-order valence-electron chi connectivity index (χ0n) is 19.7. The van der Waals surface area contributed by atoms with Crippen LogP contribution in [-0.2, 0) is 6.54 Å². The molecule has 1 atom stereocenters. The highest BCUT2D eigenvalue weighted by Crippen LogP contribution is 2.36. The van der Waals surface area contributed by atoms with Crippen molar-refractivity contribution in [2.75, 3.05) is 12.4 Å². The maximum atomic E-state index is 12.8. The van der Waals surface area contributed by atoms with Crippen LogP contribution in [0.15, 0.2) is 59.8 Å². The van der Waals surface area contributed by atoms with Gasteiger partial charge < -0.3 is 14.8 Å². The van der Waals surface area contributed by atoms with E-state index in [0.29, 0.717) is 29.1 Å². The zero-order valence-corrected chi connectivity index (χ0v) is 20.5. The molecule has 2 N–H and O–H groups in total. The smallest absolute Gasteiger partial charge is 0.493 e. The number of methoxy groups -OCH3 is 1. The number of alkyl halides is 3. The van der Waals surface area contributed by atoms with Crippen molar-refractivity contribution in [1.82, 2.24) is 15.2 Å². The first-order chi connectivity index (χ1) is 17.7. The Morgan fingerprint density at radius 3 is 2.54 bits per heavy atom. The highest BCUT2D eigenvalue weighted by Gasteiger charge is 2.34. The van der Waals surface area contributed by atoms with Crippen LogP contribution in [-0.4, -0.2) is 50.8 Å². The van der Waals surface area contributed by atoms with Crippen molar-refractivity contribution in [3.05, 3.63) is 71.5 Å². The molecule has 0 bridgehead atoms. The number of rotatable bonds is 8. The molecule has 0 saturated carbocycles. The molecule has 194 valence electrons. The third-order valence-corrected chi connectivity index (χ3v) is 6.59. The van der Waals surface area contributed by atoms with E-state index in [4.69, 9.17) is 4.74 Å². The number of anilines is 1. The van der Waals surface area contributed by atoms with Gasteiger partial charge in [0.05, 0.1) is 24.6 Å². The molecule has 1 aliphatic heterocycles. The van der Waals surface area contributed by atoms with E-state index in [-0.39, 0.29) is 28.7 Å². The minimum absolute atomic E-state index is 0.103. The average Bonchev–Trinajstić information content (AvgIpc) is 3.41. The summed E-state index contributed by atoms with van der Waals surface area (Å²) in [5, 5.41) is 14.4. The molecule has 1 unspecified atom stereocenters. The minimum Gasteiger partial charge on any atom is -0.493 e. The van der Waals surface area contributed by atoms with Crippen LogP contribution in [0.2, 0.25) is 0 Å². The largest absolute Gasteiger partial charge is 0.573 e. The second kappa shape index (κ2) is 10.9. The van der Waals surface area contributed by atoms with Crippen LogP contribution in [0.3, 0.4) is 0 Å². The SMILES string of the molecule is CCC1SC(=O)N(Cc2ccc(NC(=O)c3ccn[nH]3)cc2)N=C1c1ccc(OC(F)(F)F)c(OC)c1. The highest BCUT2D eigenvalue weighted by atomic mass is 32.2. The number of ether oxygens (including phenoxy) is 2. The molecule has 0 fully saturated rings. The number of hydrogen-bond acceptors (Lipinski definition) is 7. The Morgan fingerprint density at radius 1 is 1.16 bits per heavy atom. The fourth-order valence-electron chi connectivity index (χ4n) is 3.58. The van der Waals surface area contributed by atoms with Crippen LogP contribution in [0.1, 0.15) is 35.0 Å². The molecule has 2 aromatic carbocycles. The van der Waals surface area contributed by atoms with Gasteiger partial charge in [0.15, 0.2) is 11.5 Å². The molecule has 4 rings (SSSR count). The van der Waals surface area contributed by atoms with Crippen molar-refractivity contribution in [3.8, 4) is 11.5 Å². The summed E-state index contributed by atoms with van der Waals surface area (Å²) in [7, 11) is 1.24. The summed E-state index contributed by atoms with van der Waals surface area (Å²) in [5.74, 6) is -0.910. The average molecular weight is 534 g/mol. The molecule has 0 aliphatic carbocycles. The second-order valence-corrected chi connectivity index (χ2v) is 9.01. The molecular formula is C24H22F3N5O4S. The lowest BCUT2D eigenvalue weighted by Gasteiger charge is -2.28. The number of halogens is 3. The van der Waals surface area contributed by atoms with Crippen molar-refractivity contribution in [2.24, 2.45) is 5.10 Å². The minimum atomic E-state index is -4.86. The fraction of sp³-hybridized carbons (Fsp3) is 0.250. The normalized spacial score (nSPS) is 15.8. The molecular weight excluding hydrogens is 511 g/mol. The lowest BCUT2D eigenvalue weighted by molar-refractivity contribution is -0.275. The third-order valence-electron chi connectivity index (χ3n) is 5.33. The molecule has 0 saturated heterocycles. The summed E-state index contributed by atoms with van der Waals surface area (Å²) in [4.78, 5) is 24.9. The zero-order chi connectivity index (χ0) is 26.6. The van der Waals surface area contributed by atoms with Crippen molar-refractivity contribution in [1.29, 1.82) is 0 Å². The van der Waals surface area contributed by atoms with Crippen molar-refractivity contribution < 1.29 is 32.2 Å². The van der Waals surface area contributed by atoms with Gasteiger partial charge in [0, 0.05) is 17.4 Å². The maximum absolute atomic E-state index is 12.8. The number of amides is 2. The Bertz CT molecular complexity index is 1300. The van der Waals surface area contributed by atoms with E-state index >= 15 is 0 Å². The van der Waals surface area contributed by atoms with Crippen molar-refractivity contribution in [3.63, 3.8) is 0 Å². The number of nitrogens with zero attached hydrogens (tertiary/aromatic N) is 3. The number of carbonyl (C=O) groups is 2. The molecule has 2 heterocycles. The van der Waals surface area contributed by atoms with Crippen LogP contribution in [0.25, 0.3) is 0 Å². The van der Waals surface area contributed by atoms with E-state index in [2.05, 4.69) is 25.4 Å². The van der Waals surface area contributed by atoms with Crippen molar-refractivity contribution >= 4 is 34.3 Å². The van der Waals surface area contributed by atoms with Gasteiger partial charge in [-0.25, -0.2) is 5.01 Å². The van der Waals surface area contributed by atoms with E-state index in [1.54, 1.807) is 30.3 Å². The quantitative estimate of drug-likeness (QED) is 0.400. The van der Waals surface area contributed by atoms with E-state index < -0.39 is 12.1 Å². The number of hydrazone groups is 1. The maximum Gasteiger partial charge on any atom is 0.573 e. The molecule has 0 spiro atoms. The fourth-order valence-corrected chi connectivity index (χ4v) is 4.51. The number of nitrogens with one attached hydrogen (secondary N) is 2. The monoisotopic (exact) mass is 533 g/mol. The molecule has 1 aliphatic rings. The van der Waals surface area contributed by atoms with Gasteiger partial charge in [-0.05, 0) is 48.4 Å². The summed E-state index contributed by atoms with van der Waals surface area (Å²) >= 11 is 1.09. The van der Waals surface area contributed by atoms with Gasteiger partial charge in [-0.2, -0.15) is 10.2 Å². The van der Waals surface area contributed by atoms with Crippen LogP contribution >= 0.6 is 11.8 Å². The summed E-state index contributed by atoms with van der Waals surface area (Å²) in [6.45, 7) is 2.05. The molecule has 37 heavy (non-hydrogen) atoms. The first-order valence-corrected chi connectivity index (χ1v) is 11.9. The van der Waals surface area contributed by atoms with E-state index in [1.807, 2.05) is 6.92 Å². The molecule has 3 aromatic rings. The summed E-state index contributed by atoms with van der Waals surface area (Å²) in [6.07, 6.45) is -2.80.